The van der Waals surface area contributed by atoms with E-state index in [4.69, 9.17) is 0 Å². The lowest BCUT2D eigenvalue weighted by Crippen LogP contribution is -2.22. The van der Waals surface area contributed by atoms with Crippen molar-refractivity contribution in [2.45, 2.75) is 84.0 Å². The molecule has 1 heterocycles. The highest BCUT2D eigenvalue weighted by atomic mass is 79.9. The molecule has 0 radical (unpaired) electrons. The molecule has 3 heteroatoms. The fraction of sp³-hybridized carbons (Fsp3) is 0.765. The predicted molar refractivity (Wildman–Crippen MR) is 92.2 cm³/mol. The van der Waals surface area contributed by atoms with Crippen LogP contribution in [0.3, 0.4) is 0 Å². The van der Waals surface area contributed by atoms with Gasteiger partial charge in [-0.15, -0.1) is 11.3 Å². The second-order valence-corrected chi connectivity index (χ2v) is 7.79. The molecule has 1 aromatic rings. The van der Waals surface area contributed by atoms with E-state index in [1.54, 1.807) is 11.3 Å². The number of thiophene rings is 1. The minimum Gasteiger partial charge on any atom is -0.205 e. The average molecular weight is 363 g/mol. The van der Waals surface area contributed by atoms with Gasteiger partial charge in [0.25, 0.3) is 0 Å². The Hall–Kier alpha value is 0.110. The first-order valence-electron chi connectivity index (χ1n) is 7.98. The van der Waals surface area contributed by atoms with Crippen LogP contribution in [0.4, 0.5) is 4.39 Å². The maximum Gasteiger partial charge on any atom is 0.151 e. The van der Waals surface area contributed by atoms with Gasteiger partial charge in [-0.1, -0.05) is 65.7 Å². The number of rotatable bonds is 10. The van der Waals surface area contributed by atoms with Gasteiger partial charge in [0.1, 0.15) is 0 Å². The fourth-order valence-corrected chi connectivity index (χ4v) is 4.43. The summed E-state index contributed by atoms with van der Waals surface area (Å²) in [6.07, 6.45) is 10.9. The summed E-state index contributed by atoms with van der Waals surface area (Å²) in [5, 5.41) is 1.90. The molecule has 1 unspecified atom stereocenters. The van der Waals surface area contributed by atoms with Crippen LogP contribution in [0.1, 0.15) is 83.4 Å². The first-order valence-corrected chi connectivity index (χ1v) is 9.65. The van der Waals surface area contributed by atoms with Crippen molar-refractivity contribution in [3.05, 3.63) is 20.5 Å². The third kappa shape index (κ3) is 5.14. The highest BCUT2D eigenvalue weighted by molar-refractivity contribution is 9.10. The van der Waals surface area contributed by atoms with E-state index < -0.39 is 0 Å². The molecule has 0 bridgehead atoms. The molecule has 0 N–H and O–H groups in total. The number of unbranched alkanes of at least 4 members (excludes halogenated alkanes) is 5. The highest BCUT2D eigenvalue weighted by Gasteiger charge is 2.31. The highest BCUT2D eigenvalue weighted by Crippen LogP contribution is 2.42. The molecule has 116 valence electrons. The molecule has 0 aromatic carbocycles. The van der Waals surface area contributed by atoms with Gasteiger partial charge in [-0.3, -0.25) is 0 Å². The Morgan fingerprint density at radius 3 is 2.10 bits per heavy atom. The van der Waals surface area contributed by atoms with Crippen molar-refractivity contribution in [2.75, 3.05) is 0 Å². The molecule has 1 atom stereocenters. The van der Waals surface area contributed by atoms with Crippen molar-refractivity contribution in [3.8, 4) is 0 Å². The Bertz CT molecular complexity index is 388. The summed E-state index contributed by atoms with van der Waals surface area (Å²) in [5.74, 6) is -0.0236. The SMILES string of the molecule is CCCCCCC(C)(CCCCC)c1scc(Br)c1F. The second-order valence-electron chi connectivity index (χ2n) is 6.06. The minimum atomic E-state index is -0.0236. The molecule has 1 aromatic heterocycles. The van der Waals surface area contributed by atoms with Gasteiger partial charge in [0.15, 0.2) is 5.82 Å². The van der Waals surface area contributed by atoms with Crippen LogP contribution in [-0.2, 0) is 5.41 Å². The molecule has 0 aliphatic heterocycles. The van der Waals surface area contributed by atoms with Crippen LogP contribution in [0.25, 0.3) is 0 Å². The van der Waals surface area contributed by atoms with E-state index in [2.05, 4.69) is 36.7 Å². The van der Waals surface area contributed by atoms with Crippen LogP contribution in [0.15, 0.2) is 9.85 Å². The average Bonchev–Trinajstić information content (AvgIpc) is 2.76. The van der Waals surface area contributed by atoms with E-state index in [1.807, 2.05) is 5.38 Å². The van der Waals surface area contributed by atoms with Crippen molar-refractivity contribution >= 4 is 27.3 Å². The smallest absolute Gasteiger partial charge is 0.151 e. The first kappa shape index (κ1) is 18.2. The standard InChI is InChI=1S/C17H28BrFS/c1-4-6-8-10-12-17(3,11-9-7-5-2)16-15(19)14(18)13-20-16/h13H,4-12H2,1-3H3. The van der Waals surface area contributed by atoms with Crippen molar-refractivity contribution < 1.29 is 4.39 Å². The second kappa shape index (κ2) is 9.19. The summed E-state index contributed by atoms with van der Waals surface area (Å²) in [7, 11) is 0. The van der Waals surface area contributed by atoms with Crippen LogP contribution < -0.4 is 0 Å². The quantitative estimate of drug-likeness (QED) is 0.379. The number of hydrogen-bond donors (Lipinski definition) is 0. The molecule has 20 heavy (non-hydrogen) atoms. The molecule has 0 amide bonds. The zero-order chi connectivity index (χ0) is 15.0. The normalized spacial score (nSPS) is 14.4. The number of halogens is 2. The Balaban J connectivity index is 2.74. The summed E-state index contributed by atoms with van der Waals surface area (Å²) in [6, 6.07) is 0. The van der Waals surface area contributed by atoms with Gasteiger partial charge in [-0.2, -0.15) is 0 Å². The molecule has 0 saturated heterocycles. The fourth-order valence-electron chi connectivity index (χ4n) is 2.79. The van der Waals surface area contributed by atoms with Crippen molar-refractivity contribution in [1.82, 2.24) is 0 Å². The zero-order valence-electron chi connectivity index (χ0n) is 13.1. The van der Waals surface area contributed by atoms with Crippen LogP contribution in [-0.4, -0.2) is 0 Å². The Morgan fingerprint density at radius 1 is 1.05 bits per heavy atom. The molecule has 0 saturated carbocycles. The van der Waals surface area contributed by atoms with Gasteiger partial charge in [0, 0.05) is 15.7 Å². The van der Waals surface area contributed by atoms with Gasteiger partial charge in [0.2, 0.25) is 0 Å². The molecule has 1 rings (SSSR count). The van der Waals surface area contributed by atoms with Crippen LogP contribution in [0.5, 0.6) is 0 Å². The molecular formula is C17H28BrFS. The molecular weight excluding hydrogens is 335 g/mol. The van der Waals surface area contributed by atoms with E-state index in [1.165, 1.54) is 44.9 Å². The molecule has 0 aliphatic carbocycles. The molecule has 0 aliphatic rings. The Labute approximate surface area is 136 Å². The van der Waals surface area contributed by atoms with Crippen molar-refractivity contribution in [3.63, 3.8) is 0 Å². The zero-order valence-corrected chi connectivity index (χ0v) is 15.5. The maximum atomic E-state index is 14.3. The van der Waals surface area contributed by atoms with E-state index in [9.17, 15) is 4.39 Å². The van der Waals surface area contributed by atoms with Crippen LogP contribution >= 0.6 is 27.3 Å². The first-order chi connectivity index (χ1) is 9.55. The number of hydrogen-bond acceptors (Lipinski definition) is 1. The summed E-state index contributed by atoms with van der Waals surface area (Å²) in [6.45, 7) is 6.72. The maximum absolute atomic E-state index is 14.3. The summed E-state index contributed by atoms with van der Waals surface area (Å²) < 4.78 is 14.9. The lowest BCUT2D eigenvalue weighted by atomic mass is 9.78. The van der Waals surface area contributed by atoms with Gasteiger partial charge < -0.3 is 0 Å². The lowest BCUT2D eigenvalue weighted by molar-refractivity contribution is 0.360. The lowest BCUT2D eigenvalue weighted by Gasteiger charge is -2.29. The largest absolute Gasteiger partial charge is 0.205 e. The third-order valence-electron chi connectivity index (χ3n) is 4.15. The Morgan fingerprint density at radius 2 is 1.60 bits per heavy atom. The van der Waals surface area contributed by atoms with Gasteiger partial charge in [-0.25, -0.2) is 4.39 Å². The molecule has 0 nitrogen and oxygen atoms in total. The third-order valence-corrected chi connectivity index (χ3v) is 6.29. The van der Waals surface area contributed by atoms with E-state index >= 15 is 0 Å². The minimum absolute atomic E-state index is 0.0175. The Kier molecular flexibility index (Phi) is 8.35. The van der Waals surface area contributed by atoms with Crippen LogP contribution in [0.2, 0.25) is 0 Å². The van der Waals surface area contributed by atoms with Crippen molar-refractivity contribution in [1.29, 1.82) is 0 Å². The van der Waals surface area contributed by atoms with E-state index in [0.29, 0.717) is 4.47 Å². The van der Waals surface area contributed by atoms with Gasteiger partial charge >= 0.3 is 0 Å². The molecule has 0 spiro atoms. The van der Waals surface area contributed by atoms with Gasteiger partial charge in [0.05, 0.1) is 4.47 Å². The summed E-state index contributed by atoms with van der Waals surface area (Å²) in [5.41, 5.74) is 0.0175. The van der Waals surface area contributed by atoms with Gasteiger partial charge in [-0.05, 0) is 28.8 Å². The van der Waals surface area contributed by atoms with E-state index in [0.717, 1.165) is 17.7 Å². The topological polar surface area (TPSA) is 0 Å². The monoisotopic (exact) mass is 362 g/mol. The van der Waals surface area contributed by atoms with Crippen molar-refractivity contribution in [2.24, 2.45) is 0 Å². The van der Waals surface area contributed by atoms with E-state index in [-0.39, 0.29) is 11.2 Å². The van der Waals surface area contributed by atoms with Crippen LogP contribution in [0, 0.1) is 5.82 Å². The summed E-state index contributed by atoms with van der Waals surface area (Å²) in [4.78, 5) is 0.956. The summed E-state index contributed by atoms with van der Waals surface area (Å²) >= 11 is 4.90. The predicted octanol–water partition coefficient (Wildman–Crippen LogP) is 7.46. The molecule has 0 fully saturated rings.